The minimum absolute atomic E-state index is 0.0319. The maximum atomic E-state index is 13.7. The van der Waals surface area contributed by atoms with E-state index < -0.39 is 10.1 Å². The van der Waals surface area contributed by atoms with Crippen molar-refractivity contribution in [2.45, 2.75) is 18.7 Å². The van der Waals surface area contributed by atoms with Gasteiger partial charge in [0.15, 0.2) is 16.7 Å². The van der Waals surface area contributed by atoms with Crippen LogP contribution in [0.2, 0.25) is 10.0 Å². The predicted octanol–water partition coefficient (Wildman–Crippen LogP) is 8.28. The van der Waals surface area contributed by atoms with Gasteiger partial charge in [0, 0.05) is 10.0 Å². The molecule has 4 aromatic rings. The minimum Gasteiger partial charge on any atom is -0.490 e. The molecule has 1 amide bonds. The summed E-state index contributed by atoms with van der Waals surface area (Å²) in [6.07, 6.45) is 1.70. The Morgan fingerprint density at radius 2 is 1.52 bits per heavy atom. The van der Waals surface area contributed by atoms with Gasteiger partial charge >= 0.3 is 10.1 Å². The Hall–Kier alpha value is -3.76. The van der Waals surface area contributed by atoms with Crippen molar-refractivity contribution in [1.29, 1.82) is 0 Å². The molecule has 11 heteroatoms. The number of benzene rings is 4. The van der Waals surface area contributed by atoms with Crippen LogP contribution in [0.4, 0.5) is 11.4 Å². The Morgan fingerprint density at radius 1 is 0.881 bits per heavy atom. The lowest BCUT2D eigenvalue weighted by molar-refractivity contribution is -0.113. The van der Waals surface area contributed by atoms with Crippen molar-refractivity contribution < 1.29 is 22.1 Å². The molecule has 1 fully saturated rings. The van der Waals surface area contributed by atoms with Gasteiger partial charge in [0.25, 0.3) is 5.91 Å². The third-order valence-corrected chi connectivity index (χ3v) is 8.74. The Kier molecular flexibility index (Phi) is 8.93. The van der Waals surface area contributed by atoms with Gasteiger partial charge in [0.2, 0.25) is 0 Å². The Morgan fingerprint density at radius 3 is 2.17 bits per heavy atom. The smallest absolute Gasteiger partial charge is 0.339 e. The average molecular weight is 640 g/mol. The van der Waals surface area contributed by atoms with Crippen LogP contribution in [-0.2, 0) is 14.9 Å². The molecule has 42 heavy (non-hydrogen) atoms. The summed E-state index contributed by atoms with van der Waals surface area (Å²) >= 11 is 13.3. The molecule has 0 radical (unpaired) electrons. The molecule has 5 rings (SSSR count). The largest absolute Gasteiger partial charge is 0.490 e. The normalized spacial score (nSPS) is 15.4. The number of hydrogen-bond donors (Lipinski definition) is 0. The second-order valence-electron chi connectivity index (χ2n) is 9.09. The van der Waals surface area contributed by atoms with Gasteiger partial charge in [-0.25, -0.2) is 4.99 Å². The van der Waals surface area contributed by atoms with Crippen molar-refractivity contribution in [3.63, 3.8) is 0 Å². The van der Waals surface area contributed by atoms with Gasteiger partial charge in [0.1, 0.15) is 4.90 Å². The van der Waals surface area contributed by atoms with E-state index in [0.717, 1.165) is 5.56 Å². The number of aliphatic imine (C=N–C) groups is 1. The fourth-order valence-corrected chi connectivity index (χ4v) is 6.16. The van der Waals surface area contributed by atoms with E-state index in [1.54, 1.807) is 85.8 Å². The first kappa shape index (κ1) is 29.7. The second-order valence-corrected chi connectivity index (χ2v) is 12.5. The molecule has 1 aliphatic rings. The van der Waals surface area contributed by atoms with E-state index in [1.807, 2.05) is 6.92 Å². The van der Waals surface area contributed by atoms with E-state index in [2.05, 4.69) is 0 Å². The van der Waals surface area contributed by atoms with Crippen molar-refractivity contribution in [3.05, 3.63) is 117 Å². The van der Waals surface area contributed by atoms with Crippen molar-refractivity contribution in [2.24, 2.45) is 4.99 Å². The quantitative estimate of drug-likeness (QED) is 0.143. The molecule has 4 aromatic carbocycles. The number of amides is 1. The average Bonchev–Trinajstić information content (AvgIpc) is 3.26. The third-order valence-electron chi connectivity index (χ3n) is 6.02. The first-order valence-electron chi connectivity index (χ1n) is 12.7. The molecular formula is C31H24Cl2N2O5S2. The van der Waals surface area contributed by atoms with E-state index in [-0.39, 0.29) is 28.9 Å². The number of rotatable bonds is 8. The molecule has 214 valence electrons. The van der Waals surface area contributed by atoms with Crippen LogP contribution < -0.4 is 13.8 Å². The number of hydrogen-bond acceptors (Lipinski definition) is 7. The summed E-state index contributed by atoms with van der Waals surface area (Å²) in [6, 6.07) is 25.0. The van der Waals surface area contributed by atoms with E-state index in [4.69, 9.17) is 37.1 Å². The first-order chi connectivity index (χ1) is 20.1. The summed E-state index contributed by atoms with van der Waals surface area (Å²) in [6.45, 7) is 3.92. The van der Waals surface area contributed by atoms with Crippen molar-refractivity contribution >= 4 is 73.6 Å². The van der Waals surface area contributed by atoms with Crippen LogP contribution in [0.25, 0.3) is 6.08 Å². The van der Waals surface area contributed by atoms with Gasteiger partial charge < -0.3 is 8.92 Å². The van der Waals surface area contributed by atoms with Crippen LogP contribution in [-0.4, -0.2) is 26.1 Å². The van der Waals surface area contributed by atoms with E-state index in [1.165, 1.54) is 34.9 Å². The fraction of sp³-hybridized carbons (Fsp3) is 0.0968. The predicted molar refractivity (Wildman–Crippen MR) is 170 cm³/mol. The molecular weight excluding hydrogens is 615 g/mol. The minimum atomic E-state index is -4.09. The number of aryl methyl sites for hydroxylation is 1. The zero-order valence-corrected chi connectivity index (χ0v) is 25.6. The monoisotopic (exact) mass is 638 g/mol. The lowest BCUT2D eigenvalue weighted by Gasteiger charge is -2.15. The van der Waals surface area contributed by atoms with Gasteiger partial charge in [-0.15, -0.1) is 0 Å². The van der Waals surface area contributed by atoms with Crippen molar-refractivity contribution in [2.75, 3.05) is 11.5 Å². The topological polar surface area (TPSA) is 85.3 Å². The lowest BCUT2D eigenvalue weighted by atomic mass is 10.2. The number of halogens is 2. The summed E-state index contributed by atoms with van der Waals surface area (Å²) in [5.74, 6) is -0.0179. The lowest BCUT2D eigenvalue weighted by Crippen LogP contribution is -2.28. The Bertz CT molecular complexity index is 1790. The number of carbonyl (C=O) groups excluding carboxylic acids is 1. The molecule has 1 saturated heterocycles. The standard InChI is InChI=1S/C31H24Cl2N2O5S2/c1-3-39-28-18-21(6-17-27(28)40-42(37,38)26-15-4-20(2)5-16-26)19-29-30(36)35(25-13-9-23(33)10-14-25)31(41-29)34-24-11-7-22(32)8-12-24/h4-19H,3H2,1-2H3/b29-19-,34-31?. The fourth-order valence-electron chi connectivity index (χ4n) is 3.97. The SMILES string of the molecule is CCOc1cc(/C=C2\SC(=Nc3ccc(Cl)cc3)N(c3ccc(Cl)cc3)C2=O)ccc1OS(=O)(=O)c1ccc(C)cc1. The Balaban J connectivity index is 1.49. The van der Waals surface area contributed by atoms with Gasteiger partial charge in [-0.2, -0.15) is 8.42 Å². The molecule has 0 aliphatic carbocycles. The number of anilines is 1. The van der Waals surface area contributed by atoms with Gasteiger partial charge in [0.05, 0.1) is 22.9 Å². The number of ether oxygens (including phenoxy) is 1. The van der Waals surface area contributed by atoms with Crippen LogP contribution in [0.15, 0.2) is 106 Å². The summed E-state index contributed by atoms with van der Waals surface area (Å²) < 4.78 is 37.0. The summed E-state index contributed by atoms with van der Waals surface area (Å²) in [4.78, 5) is 20.3. The molecule has 1 aliphatic heterocycles. The van der Waals surface area contributed by atoms with Crippen LogP contribution in [0.5, 0.6) is 11.5 Å². The number of thioether (sulfide) groups is 1. The van der Waals surface area contributed by atoms with Crippen molar-refractivity contribution in [3.8, 4) is 11.5 Å². The Labute approximate surface area is 258 Å². The van der Waals surface area contributed by atoms with E-state index >= 15 is 0 Å². The molecule has 1 heterocycles. The summed E-state index contributed by atoms with van der Waals surface area (Å²) in [7, 11) is -4.09. The third kappa shape index (κ3) is 6.82. The van der Waals surface area contributed by atoms with Crippen LogP contribution in [0.3, 0.4) is 0 Å². The number of amidine groups is 1. The maximum absolute atomic E-state index is 13.7. The van der Waals surface area contributed by atoms with Crippen molar-refractivity contribution in [1.82, 2.24) is 0 Å². The van der Waals surface area contributed by atoms with E-state index in [0.29, 0.717) is 37.1 Å². The highest BCUT2D eigenvalue weighted by molar-refractivity contribution is 8.19. The highest BCUT2D eigenvalue weighted by atomic mass is 35.5. The van der Waals surface area contributed by atoms with E-state index in [9.17, 15) is 13.2 Å². The summed E-state index contributed by atoms with van der Waals surface area (Å²) in [5, 5.41) is 1.57. The second kappa shape index (κ2) is 12.6. The molecule has 7 nitrogen and oxygen atoms in total. The zero-order chi connectivity index (χ0) is 29.9. The molecule has 0 bridgehead atoms. The van der Waals surface area contributed by atoms with Crippen LogP contribution in [0.1, 0.15) is 18.1 Å². The van der Waals surface area contributed by atoms with Gasteiger partial charge in [-0.1, -0.05) is 47.0 Å². The molecule has 0 N–H and O–H groups in total. The van der Waals surface area contributed by atoms with Crippen LogP contribution >= 0.6 is 35.0 Å². The van der Waals surface area contributed by atoms with Gasteiger partial charge in [-0.05, 0) is 110 Å². The highest BCUT2D eigenvalue weighted by Gasteiger charge is 2.35. The molecule has 0 atom stereocenters. The number of carbonyl (C=O) groups is 1. The molecule has 0 unspecified atom stereocenters. The first-order valence-corrected chi connectivity index (χ1v) is 15.7. The molecule has 0 spiro atoms. The maximum Gasteiger partial charge on any atom is 0.339 e. The zero-order valence-electron chi connectivity index (χ0n) is 22.5. The van der Waals surface area contributed by atoms with Crippen LogP contribution in [0, 0.1) is 6.92 Å². The molecule has 0 aromatic heterocycles. The van der Waals surface area contributed by atoms with Gasteiger partial charge in [-0.3, -0.25) is 9.69 Å². The summed E-state index contributed by atoms with van der Waals surface area (Å²) in [5.41, 5.74) is 2.77. The number of nitrogens with zero attached hydrogens (tertiary/aromatic N) is 2. The highest BCUT2D eigenvalue weighted by Crippen LogP contribution is 2.39. The molecule has 0 saturated carbocycles.